The lowest BCUT2D eigenvalue weighted by molar-refractivity contribution is -0.136. The molecule has 0 spiro atoms. The summed E-state index contributed by atoms with van der Waals surface area (Å²) in [7, 11) is 2.02. The predicted octanol–water partition coefficient (Wildman–Crippen LogP) is 2.48. The third kappa shape index (κ3) is 3.82. The standard InChI is InChI=1S/C18H24N4O2/c1-13-8-14(5-6-18(23)24)9-16(20-13)17-4-3-7-22(17)11-15-10-19-12-21(15)2/h8-10,12,17H,3-7,11H2,1-2H3,(H,23,24)/t17-/m0/s1. The number of pyridine rings is 1. The van der Waals surface area contributed by atoms with E-state index < -0.39 is 5.97 Å². The maximum atomic E-state index is 10.8. The number of carboxylic acids is 1. The first kappa shape index (κ1) is 16.6. The Morgan fingerprint density at radius 3 is 2.96 bits per heavy atom. The van der Waals surface area contributed by atoms with Crippen LogP contribution in [0.1, 0.15) is 47.9 Å². The molecular weight excluding hydrogens is 304 g/mol. The van der Waals surface area contributed by atoms with Crippen LogP contribution in [0.2, 0.25) is 0 Å². The number of likely N-dealkylation sites (tertiary alicyclic amines) is 1. The lowest BCUT2D eigenvalue weighted by Gasteiger charge is -2.24. The molecule has 3 rings (SSSR count). The normalized spacial score (nSPS) is 18.2. The summed E-state index contributed by atoms with van der Waals surface area (Å²) in [6.07, 6.45) is 6.70. The number of carbonyl (C=O) groups is 1. The van der Waals surface area contributed by atoms with Crippen molar-refractivity contribution in [2.75, 3.05) is 6.54 Å². The van der Waals surface area contributed by atoms with Crippen molar-refractivity contribution in [3.8, 4) is 0 Å². The number of imidazole rings is 1. The topological polar surface area (TPSA) is 71.2 Å². The Kier molecular flexibility index (Phi) is 4.94. The molecule has 0 aliphatic carbocycles. The number of aliphatic carboxylic acids is 1. The molecule has 0 unspecified atom stereocenters. The van der Waals surface area contributed by atoms with Crippen LogP contribution in [0.15, 0.2) is 24.7 Å². The van der Waals surface area contributed by atoms with Gasteiger partial charge < -0.3 is 9.67 Å². The summed E-state index contributed by atoms with van der Waals surface area (Å²) in [5.74, 6) is -0.760. The van der Waals surface area contributed by atoms with E-state index in [1.54, 1.807) is 0 Å². The zero-order valence-corrected chi connectivity index (χ0v) is 14.3. The molecule has 0 radical (unpaired) electrons. The molecule has 0 aromatic carbocycles. The monoisotopic (exact) mass is 328 g/mol. The number of hydrogen-bond donors (Lipinski definition) is 1. The molecule has 1 atom stereocenters. The molecule has 1 aliphatic rings. The van der Waals surface area contributed by atoms with Crippen LogP contribution in [-0.2, 0) is 24.8 Å². The molecule has 0 amide bonds. The summed E-state index contributed by atoms with van der Waals surface area (Å²) in [5.41, 5.74) is 4.28. The summed E-state index contributed by atoms with van der Waals surface area (Å²) in [6.45, 7) is 3.89. The van der Waals surface area contributed by atoms with Crippen molar-refractivity contribution in [2.45, 2.75) is 45.2 Å². The summed E-state index contributed by atoms with van der Waals surface area (Å²) >= 11 is 0. The fourth-order valence-corrected chi connectivity index (χ4v) is 3.43. The molecule has 6 heteroatoms. The van der Waals surface area contributed by atoms with E-state index in [2.05, 4.69) is 20.5 Å². The van der Waals surface area contributed by atoms with E-state index in [9.17, 15) is 4.79 Å². The van der Waals surface area contributed by atoms with E-state index in [-0.39, 0.29) is 6.42 Å². The van der Waals surface area contributed by atoms with E-state index in [1.807, 2.05) is 32.6 Å². The number of nitrogens with zero attached hydrogens (tertiary/aromatic N) is 4. The fraction of sp³-hybridized carbons (Fsp3) is 0.500. The van der Waals surface area contributed by atoms with E-state index in [1.165, 1.54) is 5.69 Å². The van der Waals surface area contributed by atoms with E-state index in [0.717, 1.165) is 42.9 Å². The van der Waals surface area contributed by atoms with E-state index in [4.69, 9.17) is 10.1 Å². The maximum absolute atomic E-state index is 10.8. The Morgan fingerprint density at radius 1 is 1.42 bits per heavy atom. The first-order valence-corrected chi connectivity index (χ1v) is 8.41. The van der Waals surface area contributed by atoms with Crippen LogP contribution >= 0.6 is 0 Å². The second-order valence-corrected chi connectivity index (χ2v) is 6.56. The van der Waals surface area contributed by atoms with Crippen LogP contribution in [0.25, 0.3) is 0 Å². The summed E-state index contributed by atoms with van der Waals surface area (Å²) < 4.78 is 2.05. The van der Waals surface area contributed by atoms with Gasteiger partial charge in [-0.3, -0.25) is 14.7 Å². The zero-order valence-electron chi connectivity index (χ0n) is 14.3. The minimum Gasteiger partial charge on any atom is -0.481 e. The van der Waals surface area contributed by atoms with Gasteiger partial charge in [-0.05, 0) is 50.4 Å². The van der Waals surface area contributed by atoms with Crippen molar-refractivity contribution in [1.29, 1.82) is 0 Å². The fourth-order valence-electron chi connectivity index (χ4n) is 3.43. The van der Waals surface area contributed by atoms with E-state index >= 15 is 0 Å². The highest BCUT2D eigenvalue weighted by Crippen LogP contribution is 2.32. The molecule has 0 saturated carbocycles. The molecule has 1 fully saturated rings. The second kappa shape index (κ2) is 7.13. The Labute approximate surface area is 142 Å². The molecule has 24 heavy (non-hydrogen) atoms. The second-order valence-electron chi connectivity index (χ2n) is 6.56. The van der Waals surface area contributed by atoms with Gasteiger partial charge in [0.25, 0.3) is 0 Å². The summed E-state index contributed by atoms with van der Waals surface area (Å²) in [6, 6.07) is 4.37. The highest BCUT2D eigenvalue weighted by atomic mass is 16.4. The molecule has 2 aromatic rings. The molecule has 1 N–H and O–H groups in total. The molecule has 3 heterocycles. The minimum absolute atomic E-state index is 0.159. The maximum Gasteiger partial charge on any atom is 0.303 e. The van der Waals surface area contributed by atoms with Crippen LogP contribution in [0.5, 0.6) is 0 Å². The highest BCUT2D eigenvalue weighted by molar-refractivity contribution is 5.67. The number of aryl methyl sites for hydroxylation is 3. The Morgan fingerprint density at radius 2 is 2.25 bits per heavy atom. The predicted molar refractivity (Wildman–Crippen MR) is 90.5 cm³/mol. The molecule has 128 valence electrons. The van der Waals surface area contributed by atoms with Crippen molar-refractivity contribution in [3.63, 3.8) is 0 Å². The molecule has 1 aliphatic heterocycles. The van der Waals surface area contributed by atoms with Gasteiger partial charge >= 0.3 is 5.97 Å². The highest BCUT2D eigenvalue weighted by Gasteiger charge is 2.28. The minimum atomic E-state index is -0.760. The van der Waals surface area contributed by atoms with Gasteiger partial charge in [0.15, 0.2) is 0 Å². The number of rotatable bonds is 6. The summed E-state index contributed by atoms with van der Waals surface area (Å²) in [4.78, 5) is 22.2. The van der Waals surface area contributed by atoms with Gasteiger partial charge in [0.2, 0.25) is 0 Å². The molecule has 0 bridgehead atoms. The lowest BCUT2D eigenvalue weighted by atomic mass is 10.0. The van der Waals surface area contributed by atoms with Crippen molar-refractivity contribution in [2.24, 2.45) is 7.05 Å². The van der Waals surface area contributed by atoms with Crippen molar-refractivity contribution in [1.82, 2.24) is 19.4 Å². The number of hydrogen-bond acceptors (Lipinski definition) is 4. The van der Waals surface area contributed by atoms with Gasteiger partial charge in [0.1, 0.15) is 0 Å². The van der Waals surface area contributed by atoms with Gasteiger partial charge in [-0.1, -0.05) is 0 Å². The number of aromatic nitrogens is 3. The van der Waals surface area contributed by atoms with Gasteiger partial charge in [-0.25, -0.2) is 4.98 Å². The average molecular weight is 328 g/mol. The van der Waals surface area contributed by atoms with Gasteiger partial charge in [0.05, 0.1) is 23.8 Å². The smallest absolute Gasteiger partial charge is 0.303 e. The number of carboxylic acid groups (broad SMARTS) is 1. The third-order valence-electron chi connectivity index (χ3n) is 4.65. The van der Waals surface area contributed by atoms with Crippen LogP contribution in [0.4, 0.5) is 0 Å². The molecule has 2 aromatic heterocycles. The van der Waals surface area contributed by atoms with Crippen LogP contribution < -0.4 is 0 Å². The molecule has 6 nitrogen and oxygen atoms in total. The van der Waals surface area contributed by atoms with Crippen molar-refractivity contribution < 1.29 is 9.90 Å². The third-order valence-corrected chi connectivity index (χ3v) is 4.65. The van der Waals surface area contributed by atoms with Gasteiger partial charge in [0, 0.05) is 31.9 Å². The Bertz CT molecular complexity index is 726. The SMILES string of the molecule is Cc1cc(CCC(=O)O)cc([C@@H]2CCCN2Cc2cncn2C)n1. The first-order chi connectivity index (χ1) is 11.5. The lowest BCUT2D eigenvalue weighted by Crippen LogP contribution is -2.24. The average Bonchev–Trinajstić information content (AvgIpc) is 3.15. The van der Waals surface area contributed by atoms with Crippen molar-refractivity contribution >= 4 is 5.97 Å². The van der Waals surface area contributed by atoms with Gasteiger partial charge in [-0.15, -0.1) is 0 Å². The zero-order chi connectivity index (χ0) is 17.1. The first-order valence-electron chi connectivity index (χ1n) is 8.41. The van der Waals surface area contributed by atoms with Gasteiger partial charge in [-0.2, -0.15) is 0 Å². The Balaban J connectivity index is 1.78. The molecule has 1 saturated heterocycles. The largest absolute Gasteiger partial charge is 0.481 e. The van der Waals surface area contributed by atoms with Crippen molar-refractivity contribution in [3.05, 3.63) is 47.3 Å². The van der Waals surface area contributed by atoms with Crippen LogP contribution in [0, 0.1) is 6.92 Å². The summed E-state index contributed by atoms with van der Waals surface area (Å²) in [5, 5.41) is 8.90. The van der Waals surface area contributed by atoms with Crippen LogP contribution in [-0.4, -0.2) is 37.1 Å². The quantitative estimate of drug-likeness (QED) is 0.882. The van der Waals surface area contributed by atoms with Crippen LogP contribution in [0.3, 0.4) is 0 Å². The Hall–Kier alpha value is -2.21. The van der Waals surface area contributed by atoms with E-state index in [0.29, 0.717) is 12.5 Å². The molecular formula is C18H24N4O2.